The highest BCUT2D eigenvalue weighted by Gasteiger charge is 2.24. The van der Waals surface area contributed by atoms with E-state index < -0.39 is 0 Å². The normalized spacial score (nSPS) is 14.8. The Balaban J connectivity index is 1.58. The van der Waals surface area contributed by atoms with Crippen molar-refractivity contribution in [1.29, 1.82) is 0 Å². The molecular formula is C20H25BrN4O3. The third-order valence-corrected chi connectivity index (χ3v) is 6.08. The number of carbonyl (C=O) groups is 2. The van der Waals surface area contributed by atoms with E-state index in [1.807, 2.05) is 42.8 Å². The first-order valence-corrected chi connectivity index (χ1v) is 10.2. The number of hydrogen-bond acceptors (Lipinski definition) is 4. The molecule has 2 heterocycles. The summed E-state index contributed by atoms with van der Waals surface area (Å²) in [7, 11) is 0. The van der Waals surface area contributed by atoms with Crippen molar-refractivity contribution < 1.29 is 14.3 Å². The molecular weight excluding hydrogens is 424 g/mol. The van der Waals surface area contributed by atoms with Crippen LogP contribution >= 0.6 is 15.9 Å². The predicted octanol–water partition coefficient (Wildman–Crippen LogP) is 3.60. The predicted molar refractivity (Wildman–Crippen MR) is 110 cm³/mol. The van der Waals surface area contributed by atoms with Gasteiger partial charge in [0.15, 0.2) is 0 Å². The molecule has 0 aliphatic carbocycles. The summed E-state index contributed by atoms with van der Waals surface area (Å²) in [6.07, 6.45) is 1.17. The van der Waals surface area contributed by atoms with Gasteiger partial charge in [-0.3, -0.25) is 4.79 Å². The molecule has 8 heteroatoms. The second kappa shape index (κ2) is 8.77. The Morgan fingerprint density at radius 2 is 1.86 bits per heavy atom. The lowest BCUT2D eigenvalue weighted by Crippen LogP contribution is -2.46. The van der Waals surface area contributed by atoms with Crippen molar-refractivity contribution in [2.75, 3.05) is 19.7 Å². The van der Waals surface area contributed by atoms with Crippen LogP contribution in [0.1, 0.15) is 41.5 Å². The van der Waals surface area contributed by atoms with E-state index in [9.17, 15) is 9.59 Å². The monoisotopic (exact) mass is 448 g/mol. The van der Waals surface area contributed by atoms with Gasteiger partial charge in [0, 0.05) is 24.7 Å². The Kier molecular flexibility index (Phi) is 6.39. The minimum atomic E-state index is -0.279. The lowest BCUT2D eigenvalue weighted by atomic mass is 10.0. The highest BCUT2D eigenvalue weighted by molar-refractivity contribution is 9.10. The zero-order chi connectivity index (χ0) is 20.3. The van der Waals surface area contributed by atoms with Gasteiger partial charge in [0.2, 0.25) is 0 Å². The molecule has 0 radical (unpaired) electrons. The first-order valence-electron chi connectivity index (χ1n) is 9.45. The molecule has 0 spiro atoms. The number of nitrogens with zero attached hydrogens (tertiary/aromatic N) is 3. The first-order chi connectivity index (χ1) is 13.4. The van der Waals surface area contributed by atoms with Crippen LogP contribution in [0.4, 0.5) is 4.79 Å². The van der Waals surface area contributed by atoms with E-state index in [1.54, 1.807) is 11.8 Å². The summed E-state index contributed by atoms with van der Waals surface area (Å²) in [5, 5.41) is 7.57. The smallest absolute Gasteiger partial charge is 0.409 e. The second-order valence-electron chi connectivity index (χ2n) is 6.88. The number of aromatic nitrogens is 2. The number of ether oxygens (including phenoxy) is 1. The molecule has 0 bridgehead atoms. The van der Waals surface area contributed by atoms with Gasteiger partial charge in [-0.15, -0.1) is 0 Å². The van der Waals surface area contributed by atoms with E-state index in [1.165, 1.54) is 0 Å². The largest absolute Gasteiger partial charge is 0.450 e. The van der Waals surface area contributed by atoms with Crippen LogP contribution in [0, 0.1) is 13.8 Å². The molecule has 150 valence electrons. The summed E-state index contributed by atoms with van der Waals surface area (Å²) < 4.78 is 7.86. The fourth-order valence-corrected chi connectivity index (χ4v) is 3.57. The topological polar surface area (TPSA) is 76.5 Å². The van der Waals surface area contributed by atoms with E-state index in [2.05, 4.69) is 26.3 Å². The molecule has 2 amide bonds. The molecule has 28 heavy (non-hydrogen) atoms. The molecule has 0 unspecified atom stereocenters. The molecule has 1 aliphatic rings. The average Bonchev–Trinajstić information content (AvgIpc) is 2.96. The fraction of sp³-hybridized carbons (Fsp3) is 0.450. The summed E-state index contributed by atoms with van der Waals surface area (Å²) in [6, 6.07) is 7.46. The number of carbonyl (C=O) groups excluding carboxylic acids is 2. The number of rotatable bonds is 4. The van der Waals surface area contributed by atoms with Crippen LogP contribution in [0.15, 0.2) is 28.7 Å². The number of hydrogen-bond donors (Lipinski definition) is 1. The van der Waals surface area contributed by atoms with Crippen molar-refractivity contribution in [3.05, 3.63) is 45.7 Å². The minimum Gasteiger partial charge on any atom is -0.450 e. The van der Waals surface area contributed by atoms with E-state index in [0.717, 1.165) is 34.4 Å². The van der Waals surface area contributed by atoms with Gasteiger partial charge in [-0.25, -0.2) is 9.48 Å². The average molecular weight is 449 g/mol. The Morgan fingerprint density at radius 1 is 1.21 bits per heavy atom. The second-order valence-corrected chi connectivity index (χ2v) is 7.67. The van der Waals surface area contributed by atoms with Crippen LogP contribution < -0.4 is 5.32 Å². The molecule has 1 N–H and O–H groups in total. The quantitative estimate of drug-likeness (QED) is 0.774. The van der Waals surface area contributed by atoms with Crippen molar-refractivity contribution in [1.82, 2.24) is 20.0 Å². The molecule has 7 nitrogen and oxygen atoms in total. The van der Waals surface area contributed by atoms with Crippen molar-refractivity contribution in [2.45, 2.75) is 39.7 Å². The summed E-state index contributed by atoms with van der Waals surface area (Å²) in [5.74, 6) is -0.101. The third kappa shape index (κ3) is 4.38. The Bertz CT molecular complexity index is 855. The number of aryl methyl sites for hydroxylation is 1. The SMILES string of the molecule is CCOC(=O)N1CCC(NC(=O)c2ccc(-n3nc(C)c(Br)c3C)cc2)CC1. The van der Waals surface area contributed by atoms with Gasteiger partial charge in [0.25, 0.3) is 5.91 Å². The maximum Gasteiger partial charge on any atom is 0.409 e. The van der Waals surface area contributed by atoms with Gasteiger partial charge in [-0.2, -0.15) is 5.10 Å². The van der Waals surface area contributed by atoms with Crippen molar-refractivity contribution >= 4 is 27.9 Å². The van der Waals surface area contributed by atoms with Crippen LogP contribution in [-0.2, 0) is 4.74 Å². The highest BCUT2D eigenvalue weighted by atomic mass is 79.9. The Hall–Kier alpha value is -2.35. The maximum atomic E-state index is 12.6. The first kappa shape index (κ1) is 20.4. The van der Waals surface area contributed by atoms with Gasteiger partial charge in [-0.05, 0) is 73.8 Å². The van der Waals surface area contributed by atoms with E-state index in [0.29, 0.717) is 25.3 Å². The molecule has 1 aliphatic heterocycles. The lowest BCUT2D eigenvalue weighted by Gasteiger charge is -2.31. The Morgan fingerprint density at radius 3 is 2.39 bits per heavy atom. The number of piperidine rings is 1. The molecule has 0 atom stereocenters. The molecule has 1 aromatic heterocycles. The van der Waals surface area contributed by atoms with E-state index in [4.69, 9.17) is 4.74 Å². The van der Waals surface area contributed by atoms with Crippen molar-refractivity contribution in [2.24, 2.45) is 0 Å². The maximum absolute atomic E-state index is 12.6. The van der Waals surface area contributed by atoms with Crippen LogP contribution in [0.25, 0.3) is 5.69 Å². The van der Waals surface area contributed by atoms with Crippen LogP contribution in [0.5, 0.6) is 0 Å². The molecule has 2 aromatic rings. The molecule has 1 aromatic carbocycles. The van der Waals surface area contributed by atoms with Gasteiger partial charge >= 0.3 is 6.09 Å². The Labute approximate surface area is 173 Å². The number of benzene rings is 1. The standard InChI is InChI=1S/C20H25BrN4O3/c1-4-28-20(27)24-11-9-16(10-12-24)22-19(26)15-5-7-17(8-6-15)25-14(3)18(21)13(2)23-25/h5-8,16H,4,9-12H2,1-3H3,(H,22,26). The highest BCUT2D eigenvalue weighted by Crippen LogP contribution is 2.23. The van der Waals surface area contributed by atoms with E-state index in [-0.39, 0.29) is 18.0 Å². The molecule has 1 saturated heterocycles. The summed E-state index contributed by atoms with van der Waals surface area (Å²) >= 11 is 3.53. The fourth-order valence-electron chi connectivity index (χ4n) is 3.32. The number of likely N-dealkylation sites (tertiary alicyclic amines) is 1. The number of nitrogens with one attached hydrogen (secondary N) is 1. The van der Waals surface area contributed by atoms with Crippen LogP contribution in [0.3, 0.4) is 0 Å². The summed E-state index contributed by atoms with van der Waals surface area (Å²) in [4.78, 5) is 26.0. The van der Waals surface area contributed by atoms with Crippen molar-refractivity contribution in [3.8, 4) is 5.69 Å². The van der Waals surface area contributed by atoms with Crippen LogP contribution in [-0.4, -0.2) is 52.4 Å². The zero-order valence-corrected chi connectivity index (χ0v) is 18.0. The molecule has 1 fully saturated rings. The zero-order valence-electron chi connectivity index (χ0n) is 16.4. The lowest BCUT2D eigenvalue weighted by molar-refractivity contribution is 0.0860. The van der Waals surface area contributed by atoms with E-state index >= 15 is 0 Å². The van der Waals surface area contributed by atoms with Gasteiger partial charge < -0.3 is 15.0 Å². The number of halogens is 1. The van der Waals surface area contributed by atoms with Crippen molar-refractivity contribution in [3.63, 3.8) is 0 Å². The molecule has 0 saturated carbocycles. The van der Waals surface area contributed by atoms with Gasteiger partial charge in [0.05, 0.1) is 28.2 Å². The van der Waals surface area contributed by atoms with Gasteiger partial charge in [-0.1, -0.05) is 0 Å². The van der Waals surface area contributed by atoms with Crippen LogP contribution in [0.2, 0.25) is 0 Å². The molecule has 3 rings (SSSR count). The number of amides is 2. The third-order valence-electron chi connectivity index (χ3n) is 4.93. The summed E-state index contributed by atoms with van der Waals surface area (Å²) in [5.41, 5.74) is 3.46. The van der Waals surface area contributed by atoms with Gasteiger partial charge in [0.1, 0.15) is 0 Å². The minimum absolute atomic E-state index is 0.0600. The summed E-state index contributed by atoms with van der Waals surface area (Å²) in [6.45, 7) is 7.30.